The van der Waals surface area contributed by atoms with E-state index < -0.39 is 0 Å². The molecule has 0 fully saturated rings. The van der Waals surface area contributed by atoms with Gasteiger partial charge in [0.25, 0.3) is 0 Å². The maximum atomic E-state index is 2.65. The van der Waals surface area contributed by atoms with Gasteiger partial charge in [-0.25, -0.2) is 0 Å². The van der Waals surface area contributed by atoms with E-state index in [1.165, 1.54) is 112 Å². The van der Waals surface area contributed by atoms with Crippen LogP contribution < -0.4 is 19.6 Å². The number of rotatable bonds is 12. The Morgan fingerprint density at radius 3 is 0.750 bits per heavy atom. The summed E-state index contributed by atoms with van der Waals surface area (Å²) in [6, 6.07) is 61.7. The van der Waals surface area contributed by atoms with Gasteiger partial charge in [0.1, 0.15) is 0 Å². The molecule has 0 saturated carbocycles. The van der Waals surface area contributed by atoms with Gasteiger partial charge in [-0.1, -0.05) is 91.0 Å². The third-order valence-corrected chi connectivity index (χ3v) is 15.3. The van der Waals surface area contributed by atoms with E-state index in [9.17, 15) is 0 Å². The van der Waals surface area contributed by atoms with E-state index in [0.717, 1.165) is 34.1 Å². The van der Waals surface area contributed by atoms with Crippen LogP contribution >= 0.6 is 0 Å². The smallest absolute Gasteiger partial charge is 0.0527 e. The van der Waals surface area contributed by atoms with E-state index in [4.69, 9.17) is 0 Å². The van der Waals surface area contributed by atoms with Crippen LogP contribution in [0.2, 0.25) is 0 Å². The van der Waals surface area contributed by atoms with Gasteiger partial charge in [0.15, 0.2) is 0 Å². The van der Waals surface area contributed by atoms with Crippen molar-refractivity contribution in [3.63, 3.8) is 0 Å². The van der Waals surface area contributed by atoms with Crippen molar-refractivity contribution < 1.29 is 0 Å². The van der Waals surface area contributed by atoms with Crippen LogP contribution in [-0.2, 0) is 0 Å². The quantitative estimate of drug-likeness (QED) is 0.121. The van der Waals surface area contributed by atoms with Gasteiger partial charge in [0.05, 0.1) is 28.4 Å². The summed E-state index contributed by atoms with van der Waals surface area (Å²) in [5.74, 6) is 0. The first-order valence-electron chi connectivity index (χ1n) is 25.5. The highest BCUT2D eigenvalue weighted by molar-refractivity contribution is 5.95. The Balaban J connectivity index is 1.36. The highest BCUT2D eigenvalue weighted by atomic mass is 15.2. The van der Waals surface area contributed by atoms with Crippen LogP contribution in [0.3, 0.4) is 0 Å². The molecule has 9 rings (SSSR count). The lowest BCUT2D eigenvalue weighted by Gasteiger charge is -2.39. The molecule has 0 spiro atoms. The molecule has 9 aromatic carbocycles. The number of aryl methyl sites for hydroxylation is 4. The number of anilines is 12. The fourth-order valence-electron chi connectivity index (χ4n) is 11.1. The molecule has 4 heteroatoms. The van der Waals surface area contributed by atoms with Crippen molar-refractivity contribution >= 4 is 68.2 Å². The van der Waals surface area contributed by atoms with E-state index in [0.29, 0.717) is 0 Å². The second kappa shape index (κ2) is 20.1. The van der Waals surface area contributed by atoms with Crippen molar-refractivity contribution in [3.05, 3.63) is 248 Å². The topological polar surface area (TPSA) is 13.0 Å². The maximum Gasteiger partial charge on any atom is 0.0527 e. The molecule has 0 aliphatic heterocycles. The standard InChI is InChI=1S/C68H70N4/c1-43-27-24-36-60(39-43)69(57-30-18-15-19-31-57)64-46(4)42-63(47(5)48(64)6)72(67-53(11)49(7)65(50(8)54(67)12)70(58-32-20-16-21-33-58)61-37-25-28-44(2)40-61)68-55(13)51(9)66(52(10)56(68)14)71(59-34-22-17-23-35-59)62-38-26-29-45(3)41-62/h15-42H,1-14H3. The van der Waals surface area contributed by atoms with Crippen molar-refractivity contribution in [1.29, 1.82) is 0 Å². The molecule has 0 aliphatic rings. The number of hydrogen-bond donors (Lipinski definition) is 0. The lowest BCUT2D eigenvalue weighted by Crippen LogP contribution is -2.23. The van der Waals surface area contributed by atoms with E-state index >= 15 is 0 Å². The van der Waals surface area contributed by atoms with Crippen molar-refractivity contribution in [2.24, 2.45) is 0 Å². The fourth-order valence-corrected chi connectivity index (χ4v) is 11.1. The molecular formula is C68H70N4. The molecule has 0 amide bonds. The monoisotopic (exact) mass is 943 g/mol. The number of benzene rings is 9. The summed E-state index contributed by atoms with van der Waals surface area (Å²) in [7, 11) is 0. The number of nitrogens with zero attached hydrogens (tertiary/aromatic N) is 4. The maximum absolute atomic E-state index is 2.65. The van der Waals surface area contributed by atoms with Gasteiger partial charge in [-0.2, -0.15) is 0 Å². The van der Waals surface area contributed by atoms with Crippen LogP contribution in [0.25, 0.3) is 0 Å². The third kappa shape index (κ3) is 8.85. The summed E-state index contributed by atoms with van der Waals surface area (Å²) in [6.45, 7) is 32.2. The van der Waals surface area contributed by atoms with Crippen LogP contribution in [0.4, 0.5) is 68.2 Å². The largest absolute Gasteiger partial charge is 0.310 e. The summed E-state index contributed by atoms with van der Waals surface area (Å²) in [5, 5.41) is 0. The Bertz CT molecular complexity index is 3250. The Morgan fingerprint density at radius 2 is 0.458 bits per heavy atom. The van der Waals surface area contributed by atoms with Crippen LogP contribution in [0.1, 0.15) is 77.9 Å². The van der Waals surface area contributed by atoms with Gasteiger partial charge in [-0.05, 0) is 254 Å². The SMILES string of the molecule is Cc1cccc(N(c2ccccc2)c2c(C)cc(N(c3c(C)c(C)c(N(c4ccccc4)c4cccc(C)c4)c(C)c3C)c3c(C)c(C)c(N(c4ccccc4)c4cccc(C)c4)c(C)c3C)c(C)c2C)c1. The minimum absolute atomic E-state index is 1.13. The molecule has 0 N–H and O–H groups in total. The van der Waals surface area contributed by atoms with Gasteiger partial charge in [-0.15, -0.1) is 0 Å². The van der Waals surface area contributed by atoms with E-state index in [-0.39, 0.29) is 0 Å². The van der Waals surface area contributed by atoms with E-state index in [1.807, 2.05) is 0 Å². The highest BCUT2D eigenvalue weighted by Crippen LogP contribution is 2.54. The van der Waals surface area contributed by atoms with Crippen molar-refractivity contribution in [1.82, 2.24) is 0 Å². The summed E-state index contributed by atoms with van der Waals surface area (Å²) < 4.78 is 0. The molecule has 0 unspecified atom stereocenters. The fraction of sp³-hybridized carbons (Fsp3) is 0.206. The lowest BCUT2D eigenvalue weighted by atomic mass is 9.89. The Kier molecular flexibility index (Phi) is 13.7. The van der Waals surface area contributed by atoms with E-state index in [1.54, 1.807) is 0 Å². The van der Waals surface area contributed by atoms with Crippen LogP contribution in [0, 0.1) is 96.9 Å². The predicted molar refractivity (Wildman–Crippen MR) is 311 cm³/mol. The zero-order chi connectivity index (χ0) is 51.1. The molecular weight excluding hydrogens is 873 g/mol. The molecule has 0 bridgehead atoms. The molecule has 0 aromatic heterocycles. The Morgan fingerprint density at radius 1 is 0.208 bits per heavy atom. The first-order chi connectivity index (χ1) is 34.6. The Hall–Kier alpha value is -7.82. The lowest BCUT2D eigenvalue weighted by molar-refractivity contribution is 1.09. The third-order valence-electron chi connectivity index (χ3n) is 15.3. The molecule has 0 saturated heterocycles. The first-order valence-corrected chi connectivity index (χ1v) is 25.5. The normalized spacial score (nSPS) is 11.2. The average Bonchev–Trinajstić information content (AvgIpc) is 3.38. The van der Waals surface area contributed by atoms with Crippen molar-refractivity contribution in [2.45, 2.75) is 96.9 Å². The summed E-state index contributed by atoms with van der Waals surface area (Å²) in [6.07, 6.45) is 0. The molecule has 0 atom stereocenters. The minimum Gasteiger partial charge on any atom is -0.310 e. The molecule has 362 valence electrons. The van der Waals surface area contributed by atoms with Gasteiger partial charge in [0, 0.05) is 39.8 Å². The van der Waals surface area contributed by atoms with Crippen LogP contribution in [-0.4, -0.2) is 0 Å². The zero-order valence-electron chi connectivity index (χ0n) is 45.0. The molecule has 0 heterocycles. The van der Waals surface area contributed by atoms with Crippen molar-refractivity contribution in [3.8, 4) is 0 Å². The zero-order valence-corrected chi connectivity index (χ0v) is 45.0. The second-order valence-corrected chi connectivity index (χ2v) is 20.1. The van der Waals surface area contributed by atoms with Gasteiger partial charge in [0.2, 0.25) is 0 Å². The predicted octanol–water partition coefficient (Wildman–Crippen LogP) is 19.9. The minimum atomic E-state index is 1.13. The molecule has 0 radical (unpaired) electrons. The second-order valence-electron chi connectivity index (χ2n) is 20.1. The number of para-hydroxylation sites is 3. The average molecular weight is 943 g/mol. The first kappa shape index (κ1) is 49.2. The highest BCUT2D eigenvalue weighted by Gasteiger charge is 2.32. The Labute approximate surface area is 430 Å². The molecule has 9 aromatic rings. The summed E-state index contributed by atoms with van der Waals surface area (Å²) in [5.41, 5.74) is 31.4. The number of hydrogen-bond acceptors (Lipinski definition) is 4. The van der Waals surface area contributed by atoms with Crippen LogP contribution in [0.15, 0.2) is 170 Å². The van der Waals surface area contributed by atoms with E-state index in [2.05, 4.69) is 286 Å². The molecule has 0 aliphatic carbocycles. The molecule has 72 heavy (non-hydrogen) atoms. The summed E-state index contributed by atoms with van der Waals surface area (Å²) in [4.78, 5) is 10.0. The molecule has 4 nitrogen and oxygen atoms in total. The van der Waals surface area contributed by atoms with Crippen molar-refractivity contribution in [2.75, 3.05) is 19.6 Å². The van der Waals surface area contributed by atoms with Gasteiger partial charge in [-0.3, -0.25) is 0 Å². The summed E-state index contributed by atoms with van der Waals surface area (Å²) >= 11 is 0. The van der Waals surface area contributed by atoms with Crippen LogP contribution in [0.5, 0.6) is 0 Å². The van der Waals surface area contributed by atoms with Gasteiger partial charge >= 0.3 is 0 Å². The van der Waals surface area contributed by atoms with Gasteiger partial charge < -0.3 is 19.6 Å².